The molecule has 1 aromatic carbocycles. The highest BCUT2D eigenvalue weighted by atomic mass is 16.7. The fourth-order valence-electron chi connectivity index (χ4n) is 4.92. The van der Waals surface area contributed by atoms with Crippen molar-refractivity contribution in [2.24, 2.45) is 0 Å². The number of rotatable bonds is 7. The Morgan fingerprint density at radius 3 is 1.92 bits per heavy atom. The SMILES string of the molecule is CC(=O)OC[C@H]1O[C@H](Oc2c(C)c(C)c3c(c2C)CCC(C)(C)O3)[C@@H](OC(C)=O)[C@@H](OC(C)=O)[C@@H]1OC(C)=O. The van der Waals surface area contributed by atoms with E-state index in [2.05, 4.69) is 0 Å². The molecule has 2 aliphatic heterocycles. The highest BCUT2D eigenvalue weighted by Crippen LogP contribution is 2.44. The smallest absolute Gasteiger partial charge is 0.303 e. The van der Waals surface area contributed by atoms with Crippen molar-refractivity contribution in [1.82, 2.24) is 0 Å². The number of esters is 4. The molecule has 11 heteroatoms. The van der Waals surface area contributed by atoms with Gasteiger partial charge in [0, 0.05) is 33.3 Å². The summed E-state index contributed by atoms with van der Waals surface area (Å²) in [4.78, 5) is 47.8. The molecule has 2 aliphatic rings. The van der Waals surface area contributed by atoms with E-state index in [9.17, 15) is 19.2 Å². The molecule has 39 heavy (non-hydrogen) atoms. The van der Waals surface area contributed by atoms with Gasteiger partial charge in [-0.05, 0) is 64.2 Å². The summed E-state index contributed by atoms with van der Waals surface area (Å²) in [5, 5.41) is 0. The molecule has 1 aromatic rings. The zero-order chi connectivity index (χ0) is 29.2. The van der Waals surface area contributed by atoms with E-state index in [0.29, 0.717) is 5.75 Å². The first-order chi connectivity index (χ1) is 18.1. The molecule has 2 heterocycles. The normalized spacial score (nSPS) is 25.4. The maximum absolute atomic E-state index is 12.1. The van der Waals surface area contributed by atoms with Crippen LogP contribution in [0.3, 0.4) is 0 Å². The fraction of sp³-hybridized carbons (Fsp3) is 0.643. The van der Waals surface area contributed by atoms with Gasteiger partial charge in [-0.1, -0.05) is 0 Å². The Labute approximate surface area is 228 Å². The van der Waals surface area contributed by atoms with Gasteiger partial charge in [0.05, 0.1) is 0 Å². The Kier molecular flexibility index (Phi) is 9.15. The Morgan fingerprint density at radius 2 is 1.36 bits per heavy atom. The largest absolute Gasteiger partial charge is 0.487 e. The Morgan fingerprint density at radius 1 is 0.795 bits per heavy atom. The third-order valence-corrected chi connectivity index (χ3v) is 6.85. The van der Waals surface area contributed by atoms with Crippen molar-refractivity contribution in [3.8, 4) is 11.5 Å². The zero-order valence-corrected chi connectivity index (χ0v) is 24.0. The van der Waals surface area contributed by atoms with Crippen LogP contribution in [0.4, 0.5) is 0 Å². The van der Waals surface area contributed by atoms with Crippen LogP contribution in [0, 0.1) is 20.8 Å². The van der Waals surface area contributed by atoms with Crippen LogP contribution in [0.1, 0.15) is 70.2 Å². The molecule has 0 N–H and O–H groups in total. The molecule has 0 bridgehead atoms. The first-order valence-corrected chi connectivity index (χ1v) is 12.9. The molecule has 0 spiro atoms. The minimum atomic E-state index is -1.31. The summed E-state index contributed by atoms with van der Waals surface area (Å²) in [5.74, 6) is -1.39. The molecule has 11 nitrogen and oxygen atoms in total. The van der Waals surface area contributed by atoms with E-state index < -0.39 is 54.6 Å². The van der Waals surface area contributed by atoms with Gasteiger partial charge >= 0.3 is 23.9 Å². The van der Waals surface area contributed by atoms with Crippen molar-refractivity contribution in [2.75, 3.05) is 6.61 Å². The number of carbonyl (C=O) groups excluding carboxylic acids is 4. The summed E-state index contributed by atoms with van der Waals surface area (Å²) in [5.41, 5.74) is 3.20. The molecular formula is C28H38O11. The molecule has 3 rings (SSSR count). The molecule has 1 fully saturated rings. The third-order valence-electron chi connectivity index (χ3n) is 6.85. The van der Waals surface area contributed by atoms with Gasteiger partial charge in [-0.15, -0.1) is 0 Å². The topological polar surface area (TPSA) is 133 Å². The number of benzene rings is 1. The van der Waals surface area contributed by atoms with Crippen LogP contribution in [0.5, 0.6) is 11.5 Å². The average Bonchev–Trinajstić information content (AvgIpc) is 2.81. The lowest BCUT2D eigenvalue weighted by Crippen LogP contribution is -2.63. The molecule has 0 radical (unpaired) electrons. The first kappa shape index (κ1) is 30.2. The van der Waals surface area contributed by atoms with Gasteiger partial charge < -0.3 is 33.2 Å². The van der Waals surface area contributed by atoms with Crippen LogP contribution in [-0.2, 0) is 49.3 Å². The lowest BCUT2D eigenvalue weighted by molar-refractivity contribution is -0.288. The van der Waals surface area contributed by atoms with Gasteiger partial charge in [0.25, 0.3) is 0 Å². The third kappa shape index (κ3) is 7.00. The van der Waals surface area contributed by atoms with Gasteiger partial charge in [-0.3, -0.25) is 19.2 Å². The molecule has 0 aromatic heterocycles. The van der Waals surface area contributed by atoms with Gasteiger partial charge in [-0.25, -0.2) is 0 Å². The van der Waals surface area contributed by atoms with Gasteiger partial charge in [0.15, 0.2) is 12.2 Å². The Bertz CT molecular complexity index is 1140. The molecule has 216 valence electrons. The van der Waals surface area contributed by atoms with E-state index in [4.69, 9.17) is 33.2 Å². The minimum absolute atomic E-state index is 0.307. The van der Waals surface area contributed by atoms with E-state index in [1.807, 2.05) is 34.6 Å². The quantitative estimate of drug-likeness (QED) is 0.366. The number of hydrogen-bond acceptors (Lipinski definition) is 11. The summed E-state index contributed by atoms with van der Waals surface area (Å²) in [7, 11) is 0. The van der Waals surface area contributed by atoms with Crippen molar-refractivity contribution in [3.05, 3.63) is 22.3 Å². The summed E-state index contributed by atoms with van der Waals surface area (Å²) < 4.78 is 40.5. The summed E-state index contributed by atoms with van der Waals surface area (Å²) >= 11 is 0. The predicted octanol–water partition coefficient (Wildman–Crippen LogP) is 3.18. The van der Waals surface area contributed by atoms with E-state index in [-0.39, 0.29) is 12.2 Å². The summed E-state index contributed by atoms with van der Waals surface area (Å²) in [6.45, 7) is 14.2. The van der Waals surface area contributed by atoms with Crippen molar-refractivity contribution >= 4 is 23.9 Å². The highest BCUT2D eigenvalue weighted by Gasteiger charge is 2.53. The number of ether oxygens (including phenoxy) is 7. The maximum atomic E-state index is 12.1. The zero-order valence-electron chi connectivity index (χ0n) is 24.0. The molecular weight excluding hydrogens is 512 g/mol. The van der Waals surface area contributed by atoms with Crippen LogP contribution in [0.25, 0.3) is 0 Å². The Hall–Kier alpha value is -3.34. The van der Waals surface area contributed by atoms with E-state index in [1.165, 1.54) is 27.7 Å². The maximum Gasteiger partial charge on any atom is 0.303 e. The van der Waals surface area contributed by atoms with Crippen LogP contribution in [0.15, 0.2) is 0 Å². The molecule has 0 amide bonds. The van der Waals surface area contributed by atoms with Gasteiger partial charge in [0.1, 0.15) is 29.8 Å². The van der Waals surface area contributed by atoms with E-state index in [0.717, 1.165) is 40.8 Å². The summed E-state index contributed by atoms with van der Waals surface area (Å²) in [6, 6.07) is 0. The van der Waals surface area contributed by atoms with Crippen LogP contribution >= 0.6 is 0 Å². The molecule has 1 saturated heterocycles. The second-order valence-electron chi connectivity index (χ2n) is 10.6. The number of carbonyl (C=O) groups is 4. The van der Waals surface area contributed by atoms with Crippen molar-refractivity contribution in [1.29, 1.82) is 0 Å². The highest BCUT2D eigenvalue weighted by molar-refractivity contribution is 5.69. The number of hydrogen-bond donors (Lipinski definition) is 0. The second kappa shape index (κ2) is 11.8. The van der Waals surface area contributed by atoms with Gasteiger partial charge in [-0.2, -0.15) is 0 Å². The second-order valence-corrected chi connectivity index (χ2v) is 10.6. The Balaban J connectivity index is 2.09. The molecule has 0 unspecified atom stereocenters. The average molecular weight is 551 g/mol. The molecule has 0 saturated carbocycles. The van der Waals surface area contributed by atoms with Crippen LogP contribution < -0.4 is 9.47 Å². The molecule has 0 aliphatic carbocycles. The fourth-order valence-corrected chi connectivity index (χ4v) is 4.92. The number of fused-ring (bicyclic) bond motifs is 1. The predicted molar refractivity (Wildman–Crippen MR) is 136 cm³/mol. The van der Waals surface area contributed by atoms with E-state index >= 15 is 0 Å². The lowest BCUT2D eigenvalue weighted by Gasteiger charge is -2.44. The van der Waals surface area contributed by atoms with Crippen LogP contribution in [-0.4, -0.2) is 66.8 Å². The van der Waals surface area contributed by atoms with Gasteiger partial charge in [0.2, 0.25) is 12.4 Å². The van der Waals surface area contributed by atoms with Crippen molar-refractivity contribution in [3.63, 3.8) is 0 Å². The minimum Gasteiger partial charge on any atom is -0.487 e. The van der Waals surface area contributed by atoms with Crippen LogP contribution in [0.2, 0.25) is 0 Å². The summed E-state index contributed by atoms with van der Waals surface area (Å²) in [6.07, 6.45) is -4.69. The lowest BCUT2D eigenvalue weighted by atomic mass is 9.88. The standard InChI is InChI=1S/C28H38O11/c1-13-14(2)23-20(10-11-28(8,9)39-23)15(3)22(13)38-27-26(36-19(7)32)25(35-18(6)31)24(34-17(5)30)21(37-27)12-33-16(4)29/h21,24-27H,10-12H2,1-9H3/t21-,24-,25+,26+,27-/m1/s1. The monoisotopic (exact) mass is 550 g/mol. The first-order valence-electron chi connectivity index (χ1n) is 12.9. The van der Waals surface area contributed by atoms with E-state index in [1.54, 1.807) is 0 Å². The van der Waals surface area contributed by atoms with Crippen molar-refractivity contribution in [2.45, 2.75) is 111 Å². The van der Waals surface area contributed by atoms with Crippen molar-refractivity contribution < 1.29 is 52.3 Å². The molecule has 5 atom stereocenters.